The third-order valence-electron chi connectivity index (χ3n) is 4.34. The number of rotatable bonds is 4. The number of nitrogens with one attached hydrogen (secondary N) is 1. The molecule has 1 aliphatic carbocycles. The van der Waals surface area contributed by atoms with Gasteiger partial charge in [-0.05, 0) is 37.3 Å². The molecule has 1 aromatic heterocycles. The van der Waals surface area contributed by atoms with E-state index >= 15 is 0 Å². The fourth-order valence-corrected chi connectivity index (χ4v) is 3.63. The number of anilines is 1. The van der Waals surface area contributed by atoms with Crippen molar-refractivity contribution in [2.24, 2.45) is 11.8 Å². The minimum Gasteiger partial charge on any atom is -0.394 e. The van der Waals surface area contributed by atoms with Gasteiger partial charge in [-0.15, -0.1) is 11.3 Å². The van der Waals surface area contributed by atoms with Gasteiger partial charge in [-0.1, -0.05) is 6.92 Å². The van der Waals surface area contributed by atoms with Gasteiger partial charge in [0.2, 0.25) is 5.91 Å². The molecule has 0 spiro atoms. The van der Waals surface area contributed by atoms with E-state index in [4.69, 9.17) is 0 Å². The van der Waals surface area contributed by atoms with Crippen molar-refractivity contribution in [3.05, 3.63) is 17.0 Å². The molecule has 1 aliphatic heterocycles. The van der Waals surface area contributed by atoms with Crippen LogP contribution in [0.3, 0.4) is 0 Å². The van der Waals surface area contributed by atoms with Crippen molar-refractivity contribution in [3.8, 4) is 0 Å². The quantitative estimate of drug-likeness (QED) is 0.893. The zero-order valence-electron chi connectivity index (χ0n) is 12.0. The molecule has 2 fully saturated rings. The Morgan fingerprint density at radius 2 is 2.14 bits per heavy atom. The molecule has 2 amide bonds. The molecule has 2 aliphatic rings. The summed E-state index contributed by atoms with van der Waals surface area (Å²) in [6.07, 6.45) is 2.85. The van der Waals surface area contributed by atoms with Crippen molar-refractivity contribution in [1.82, 2.24) is 4.90 Å². The summed E-state index contributed by atoms with van der Waals surface area (Å²) in [7, 11) is 0. The molecule has 2 heterocycles. The molecule has 2 N–H and O–H groups in total. The monoisotopic (exact) mass is 308 g/mol. The van der Waals surface area contributed by atoms with Gasteiger partial charge in [-0.2, -0.15) is 0 Å². The number of carbonyl (C=O) groups is 2. The second-order valence-corrected chi connectivity index (χ2v) is 7.03. The molecule has 6 heteroatoms. The number of nitrogens with zero attached hydrogens (tertiary/aromatic N) is 1. The fraction of sp³-hybridized carbons (Fsp3) is 0.600. The zero-order chi connectivity index (χ0) is 15.0. The van der Waals surface area contributed by atoms with Crippen LogP contribution in [0, 0.1) is 11.8 Å². The number of hydrogen-bond acceptors (Lipinski definition) is 4. The number of thiophene rings is 1. The number of likely N-dealkylation sites (tertiary alicyclic amines) is 1. The van der Waals surface area contributed by atoms with Crippen LogP contribution in [0.15, 0.2) is 12.1 Å². The van der Waals surface area contributed by atoms with Crippen LogP contribution in [-0.2, 0) is 4.79 Å². The van der Waals surface area contributed by atoms with Crippen LogP contribution in [0.4, 0.5) is 5.00 Å². The summed E-state index contributed by atoms with van der Waals surface area (Å²) in [6.45, 7) is 2.75. The highest BCUT2D eigenvalue weighted by atomic mass is 32.1. The van der Waals surface area contributed by atoms with Gasteiger partial charge in [0, 0.05) is 12.5 Å². The molecular weight excluding hydrogens is 288 g/mol. The summed E-state index contributed by atoms with van der Waals surface area (Å²) in [6, 6.07) is 3.45. The first-order valence-corrected chi connectivity index (χ1v) is 8.24. The Morgan fingerprint density at radius 1 is 1.38 bits per heavy atom. The van der Waals surface area contributed by atoms with Gasteiger partial charge in [0.1, 0.15) is 0 Å². The fourth-order valence-electron chi connectivity index (χ4n) is 2.77. The summed E-state index contributed by atoms with van der Waals surface area (Å²) in [5, 5.41) is 13.0. The molecule has 114 valence electrons. The Bertz CT molecular complexity index is 553. The first kappa shape index (κ1) is 14.5. The van der Waals surface area contributed by atoms with E-state index in [2.05, 4.69) is 12.2 Å². The summed E-state index contributed by atoms with van der Waals surface area (Å²) in [5.74, 6) is 0.492. The lowest BCUT2D eigenvalue weighted by Crippen LogP contribution is -2.39. The number of carbonyl (C=O) groups excluding carboxylic acids is 2. The molecule has 3 rings (SSSR count). The molecule has 1 saturated heterocycles. The summed E-state index contributed by atoms with van der Waals surface area (Å²) in [5.41, 5.74) is 0. The van der Waals surface area contributed by atoms with Crippen molar-refractivity contribution in [1.29, 1.82) is 0 Å². The largest absolute Gasteiger partial charge is 0.394 e. The van der Waals surface area contributed by atoms with E-state index in [-0.39, 0.29) is 30.4 Å². The maximum absolute atomic E-state index is 12.5. The summed E-state index contributed by atoms with van der Waals surface area (Å²) < 4.78 is 0. The van der Waals surface area contributed by atoms with Crippen molar-refractivity contribution < 1.29 is 14.7 Å². The van der Waals surface area contributed by atoms with E-state index < -0.39 is 0 Å². The van der Waals surface area contributed by atoms with Crippen molar-refractivity contribution in [2.45, 2.75) is 32.2 Å². The predicted molar refractivity (Wildman–Crippen MR) is 81.4 cm³/mol. The molecule has 0 aromatic carbocycles. The Labute approximate surface area is 128 Å². The molecule has 1 saturated carbocycles. The Morgan fingerprint density at radius 3 is 2.81 bits per heavy atom. The van der Waals surface area contributed by atoms with Crippen LogP contribution in [0.5, 0.6) is 0 Å². The normalized spacial score (nSPS) is 25.1. The molecule has 0 radical (unpaired) electrons. The van der Waals surface area contributed by atoms with Crippen LogP contribution < -0.4 is 5.32 Å². The maximum Gasteiger partial charge on any atom is 0.264 e. The van der Waals surface area contributed by atoms with E-state index in [9.17, 15) is 14.7 Å². The minimum atomic E-state index is -0.0934. The lowest BCUT2D eigenvalue weighted by molar-refractivity contribution is -0.117. The third-order valence-corrected chi connectivity index (χ3v) is 5.33. The molecule has 2 atom stereocenters. The van der Waals surface area contributed by atoms with Gasteiger partial charge in [0.05, 0.1) is 22.5 Å². The van der Waals surface area contributed by atoms with E-state index in [0.29, 0.717) is 17.3 Å². The smallest absolute Gasteiger partial charge is 0.264 e. The molecule has 1 aromatic rings. The standard InChI is InChI=1S/C15H20N2O3S/c1-9-6-7-17(11(9)8-18)15(20)12-4-5-13(21-12)16-14(19)10-2-3-10/h4-5,9-11,18H,2-3,6-8H2,1H3,(H,16,19). The third kappa shape index (κ3) is 2.96. The van der Waals surface area contributed by atoms with Crippen molar-refractivity contribution in [3.63, 3.8) is 0 Å². The lowest BCUT2D eigenvalue weighted by atomic mass is 10.0. The molecule has 2 unspecified atom stereocenters. The highest BCUT2D eigenvalue weighted by Gasteiger charge is 2.35. The van der Waals surface area contributed by atoms with Crippen LogP contribution in [-0.4, -0.2) is 41.0 Å². The Kier molecular flexibility index (Phi) is 3.99. The van der Waals surface area contributed by atoms with Crippen LogP contribution in [0.1, 0.15) is 35.9 Å². The SMILES string of the molecule is CC1CCN(C(=O)c2ccc(NC(=O)C3CC3)s2)C1CO. The molecule has 5 nitrogen and oxygen atoms in total. The number of aliphatic hydroxyl groups excluding tert-OH is 1. The molecule has 21 heavy (non-hydrogen) atoms. The van der Waals surface area contributed by atoms with E-state index in [1.807, 2.05) is 0 Å². The highest BCUT2D eigenvalue weighted by molar-refractivity contribution is 7.18. The first-order chi connectivity index (χ1) is 10.1. The van der Waals surface area contributed by atoms with E-state index in [0.717, 1.165) is 24.3 Å². The van der Waals surface area contributed by atoms with Crippen LogP contribution in [0.2, 0.25) is 0 Å². The van der Waals surface area contributed by atoms with Crippen LogP contribution in [0.25, 0.3) is 0 Å². The van der Waals surface area contributed by atoms with Gasteiger partial charge in [-0.3, -0.25) is 9.59 Å². The first-order valence-electron chi connectivity index (χ1n) is 7.42. The van der Waals surface area contributed by atoms with Gasteiger partial charge >= 0.3 is 0 Å². The Balaban J connectivity index is 1.67. The second kappa shape index (κ2) is 5.77. The number of amides is 2. The lowest BCUT2D eigenvalue weighted by Gasteiger charge is -2.24. The minimum absolute atomic E-state index is 0.00353. The average Bonchev–Trinajstić information content (AvgIpc) is 3.12. The van der Waals surface area contributed by atoms with Gasteiger partial charge in [0.15, 0.2) is 0 Å². The molecule has 0 bridgehead atoms. The summed E-state index contributed by atoms with van der Waals surface area (Å²) >= 11 is 1.31. The van der Waals surface area contributed by atoms with Crippen molar-refractivity contribution >= 4 is 28.2 Å². The molecular formula is C15H20N2O3S. The maximum atomic E-state index is 12.5. The van der Waals surface area contributed by atoms with Gasteiger partial charge < -0.3 is 15.3 Å². The topological polar surface area (TPSA) is 69.6 Å². The van der Waals surface area contributed by atoms with Crippen molar-refractivity contribution in [2.75, 3.05) is 18.5 Å². The number of aliphatic hydroxyl groups is 1. The van der Waals surface area contributed by atoms with E-state index in [1.165, 1.54) is 11.3 Å². The number of hydrogen-bond donors (Lipinski definition) is 2. The van der Waals surface area contributed by atoms with Gasteiger partial charge in [0.25, 0.3) is 5.91 Å². The summed E-state index contributed by atoms with van der Waals surface area (Å²) in [4.78, 5) is 26.6. The second-order valence-electron chi connectivity index (χ2n) is 5.94. The predicted octanol–water partition coefficient (Wildman–Crippen LogP) is 1.94. The van der Waals surface area contributed by atoms with Crippen LogP contribution >= 0.6 is 11.3 Å². The highest BCUT2D eigenvalue weighted by Crippen LogP contribution is 2.32. The average molecular weight is 308 g/mol. The zero-order valence-corrected chi connectivity index (χ0v) is 12.9. The van der Waals surface area contributed by atoms with Gasteiger partial charge in [-0.25, -0.2) is 0 Å². The Hall–Kier alpha value is -1.40. The van der Waals surface area contributed by atoms with E-state index in [1.54, 1.807) is 17.0 Å².